The molecule has 8 heteroatoms. The molecule has 0 saturated heterocycles. The summed E-state index contributed by atoms with van der Waals surface area (Å²) in [4.78, 5) is 4.95. The minimum absolute atomic E-state index is 0.231. The molecule has 0 aliphatic heterocycles. The van der Waals surface area contributed by atoms with Crippen molar-refractivity contribution in [3.63, 3.8) is 0 Å². The second-order valence-electron chi connectivity index (χ2n) is 6.91. The molecule has 0 saturated carbocycles. The van der Waals surface area contributed by atoms with Crippen LogP contribution in [0.3, 0.4) is 0 Å². The zero-order valence-electron chi connectivity index (χ0n) is 17.0. The maximum absolute atomic E-state index is 13.0. The molecule has 154 valence electrons. The first-order chi connectivity index (χ1) is 14.4. The maximum Gasteiger partial charge on any atom is 0.265 e. The molecule has 0 fully saturated rings. The number of hydrogen-bond donors (Lipinski definition) is 1. The summed E-state index contributed by atoms with van der Waals surface area (Å²) in [6.07, 6.45) is 0. The van der Waals surface area contributed by atoms with Crippen molar-refractivity contribution >= 4 is 27.0 Å². The average Bonchev–Trinajstić information content (AvgIpc) is 3.33. The molecule has 6 nitrogen and oxygen atoms in total. The van der Waals surface area contributed by atoms with Gasteiger partial charge in [-0.05, 0) is 32.9 Å². The summed E-state index contributed by atoms with van der Waals surface area (Å²) in [6, 6.07) is 17.3. The van der Waals surface area contributed by atoms with Crippen LogP contribution in [-0.4, -0.2) is 23.2 Å². The Morgan fingerprint density at radius 3 is 2.47 bits per heavy atom. The molecule has 2 heterocycles. The third kappa shape index (κ3) is 3.88. The number of thiazole rings is 1. The van der Waals surface area contributed by atoms with Crippen LogP contribution in [0.2, 0.25) is 0 Å². The van der Waals surface area contributed by atoms with Gasteiger partial charge in [-0.3, -0.25) is 9.40 Å². The molecule has 0 amide bonds. The number of benzene rings is 2. The number of aryl methyl sites for hydroxylation is 2. The molecule has 0 unspecified atom stereocenters. The highest BCUT2D eigenvalue weighted by atomic mass is 32.2. The van der Waals surface area contributed by atoms with Gasteiger partial charge in [-0.2, -0.15) is 5.10 Å². The van der Waals surface area contributed by atoms with Crippen LogP contribution >= 0.6 is 11.3 Å². The first-order valence-electron chi connectivity index (χ1n) is 9.57. The zero-order chi connectivity index (χ0) is 21.3. The number of hydrogen-bond acceptors (Lipinski definition) is 5. The van der Waals surface area contributed by atoms with E-state index in [2.05, 4.69) is 9.82 Å². The maximum atomic E-state index is 13.0. The molecule has 4 aromatic rings. The molecule has 0 aliphatic rings. The standard InChI is InChI=1S/C22H22N4O2S2/c1-4-26-16(3)21(15(2)24-26)30(27,28)25-19-12-8-11-18(13-19)20-14-29-22(23-20)17-9-6-5-7-10-17/h5-14,25H,4H2,1-3H3. The number of nitrogens with zero attached hydrogens (tertiary/aromatic N) is 3. The Labute approximate surface area is 180 Å². The molecule has 0 spiro atoms. The molecular weight excluding hydrogens is 416 g/mol. The van der Waals surface area contributed by atoms with Crippen molar-refractivity contribution in [3.05, 3.63) is 71.4 Å². The predicted molar refractivity (Wildman–Crippen MR) is 121 cm³/mol. The summed E-state index contributed by atoms with van der Waals surface area (Å²) in [7, 11) is -3.75. The second-order valence-corrected chi connectivity index (χ2v) is 9.38. The first-order valence-corrected chi connectivity index (χ1v) is 11.9. The lowest BCUT2D eigenvalue weighted by Crippen LogP contribution is -2.15. The van der Waals surface area contributed by atoms with Gasteiger partial charge in [0, 0.05) is 28.7 Å². The van der Waals surface area contributed by atoms with Crippen LogP contribution in [0.15, 0.2) is 64.9 Å². The molecule has 2 aromatic carbocycles. The van der Waals surface area contributed by atoms with E-state index in [1.54, 1.807) is 42.0 Å². The van der Waals surface area contributed by atoms with Crippen LogP contribution in [0.5, 0.6) is 0 Å². The predicted octanol–water partition coefficient (Wildman–Crippen LogP) is 5.11. The Kier molecular flexibility index (Phi) is 5.44. The first kappa shape index (κ1) is 20.3. The molecule has 2 aromatic heterocycles. The van der Waals surface area contributed by atoms with E-state index >= 15 is 0 Å². The van der Waals surface area contributed by atoms with Gasteiger partial charge in [0.2, 0.25) is 0 Å². The Morgan fingerprint density at radius 1 is 1.03 bits per heavy atom. The number of anilines is 1. The summed E-state index contributed by atoms with van der Waals surface area (Å²) in [5.74, 6) is 0. The minimum atomic E-state index is -3.75. The van der Waals surface area contributed by atoms with Crippen molar-refractivity contribution in [1.82, 2.24) is 14.8 Å². The molecule has 0 aliphatic carbocycles. The molecule has 0 bridgehead atoms. The summed E-state index contributed by atoms with van der Waals surface area (Å²) < 4.78 is 30.5. The van der Waals surface area contributed by atoms with Gasteiger partial charge in [-0.1, -0.05) is 42.5 Å². The topological polar surface area (TPSA) is 76.9 Å². The van der Waals surface area contributed by atoms with Gasteiger partial charge >= 0.3 is 0 Å². The molecule has 1 N–H and O–H groups in total. The Hall–Kier alpha value is -2.97. The molecule has 30 heavy (non-hydrogen) atoms. The third-order valence-electron chi connectivity index (χ3n) is 4.82. The minimum Gasteiger partial charge on any atom is -0.279 e. The summed E-state index contributed by atoms with van der Waals surface area (Å²) in [6.45, 7) is 6.04. The molecule has 4 rings (SSSR count). The smallest absolute Gasteiger partial charge is 0.265 e. The highest BCUT2D eigenvalue weighted by Crippen LogP contribution is 2.30. The van der Waals surface area contributed by atoms with Crippen LogP contribution in [0.25, 0.3) is 21.8 Å². The number of sulfonamides is 1. The molecule has 0 radical (unpaired) electrons. The van der Waals surface area contributed by atoms with Gasteiger partial charge in [-0.15, -0.1) is 11.3 Å². The van der Waals surface area contributed by atoms with Crippen LogP contribution in [0, 0.1) is 13.8 Å². The van der Waals surface area contributed by atoms with Gasteiger partial charge in [0.05, 0.1) is 17.1 Å². The quantitative estimate of drug-likeness (QED) is 0.454. The number of nitrogens with one attached hydrogen (secondary N) is 1. The SMILES string of the molecule is CCn1nc(C)c(S(=O)(=O)Nc2cccc(-c3csc(-c4ccccc4)n3)c2)c1C. The number of aromatic nitrogens is 3. The van der Waals surface area contributed by atoms with E-state index in [9.17, 15) is 8.42 Å². The fourth-order valence-electron chi connectivity index (χ4n) is 3.45. The van der Waals surface area contributed by atoms with Crippen LogP contribution in [-0.2, 0) is 16.6 Å². The van der Waals surface area contributed by atoms with Gasteiger partial charge in [0.1, 0.15) is 9.90 Å². The summed E-state index contributed by atoms with van der Waals surface area (Å²) >= 11 is 1.56. The second kappa shape index (κ2) is 8.04. The molecular formula is C22H22N4O2S2. The summed E-state index contributed by atoms with van der Waals surface area (Å²) in [5.41, 5.74) is 4.34. The largest absolute Gasteiger partial charge is 0.279 e. The highest BCUT2D eigenvalue weighted by molar-refractivity contribution is 7.92. The van der Waals surface area contributed by atoms with Crippen LogP contribution in [0.1, 0.15) is 18.3 Å². The van der Waals surface area contributed by atoms with Crippen LogP contribution in [0.4, 0.5) is 5.69 Å². The molecule has 0 atom stereocenters. The van der Waals surface area contributed by atoms with Gasteiger partial charge < -0.3 is 0 Å². The Bertz CT molecular complexity index is 1290. The van der Waals surface area contributed by atoms with E-state index in [1.165, 1.54) is 0 Å². The van der Waals surface area contributed by atoms with E-state index in [0.29, 0.717) is 23.6 Å². The van der Waals surface area contributed by atoms with Crippen molar-refractivity contribution in [2.45, 2.75) is 32.2 Å². The fourth-order valence-corrected chi connectivity index (χ4v) is 5.74. The van der Waals surface area contributed by atoms with Crippen molar-refractivity contribution in [2.75, 3.05) is 4.72 Å². The van der Waals surface area contributed by atoms with Crippen molar-refractivity contribution in [1.29, 1.82) is 0 Å². The lowest BCUT2D eigenvalue weighted by atomic mass is 10.1. The highest BCUT2D eigenvalue weighted by Gasteiger charge is 2.24. The Balaban J connectivity index is 1.63. The van der Waals surface area contributed by atoms with E-state index < -0.39 is 10.0 Å². The van der Waals surface area contributed by atoms with E-state index in [-0.39, 0.29) is 4.90 Å². The van der Waals surface area contributed by atoms with Crippen molar-refractivity contribution < 1.29 is 8.42 Å². The van der Waals surface area contributed by atoms with Crippen molar-refractivity contribution in [2.24, 2.45) is 0 Å². The van der Waals surface area contributed by atoms with E-state index in [0.717, 1.165) is 21.8 Å². The third-order valence-corrected chi connectivity index (χ3v) is 7.34. The van der Waals surface area contributed by atoms with Gasteiger partial charge in [-0.25, -0.2) is 13.4 Å². The lowest BCUT2D eigenvalue weighted by molar-refractivity contribution is 0.598. The van der Waals surface area contributed by atoms with Crippen molar-refractivity contribution in [3.8, 4) is 21.8 Å². The average molecular weight is 439 g/mol. The lowest BCUT2D eigenvalue weighted by Gasteiger charge is -2.10. The monoisotopic (exact) mass is 438 g/mol. The van der Waals surface area contributed by atoms with E-state index in [4.69, 9.17) is 4.98 Å². The Morgan fingerprint density at radius 2 is 1.77 bits per heavy atom. The van der Waals surface area contributed by atoms with Gasteiger partial charge in [0.15, 0.2) is 0 Å². The zero-order valence-corrected chi connectivity index (χ0v) is 18.6. The number of rotatable bonds is 6. The fraction of sp³-hybridized carbons (Fsp3) is 0.182. The van der Waals surface area contributed by atoms with E-state index in [1.807, 2.05) is 54.8 Å². The van der Waals surface area contributed by atoms with Gasteiger partial charge in [0.25, 0.3) is 10.0 Å². The summed E-state index contributed by atoms with van der Waals surface area (Å²) in [5, 5.41) is 7.23. The normalized spacial score (nSPS) is 11.6. The van der Waals surface area contributed by atoms with Crippen LogP contribution < -0.4 is 4.72 Å².